The molecule has 2 aromatic carbocycles. The van der Waals surface area contributed by atoms with Crippen molar-refractivity contribution in [2.75, 3.05) is 13.2 Å². The monoisotopic (exact) mass is 465 g/mol. The van der Waals surface area contributed by atoms with Gasteiger partial charge < -0.3 is 9.47 Å². The fourth-order valence-corrected chi connectivity index (χ4v) is 3.89. The molecule has 0 bridgehead atoms. The van der Waals surface area contributed by atoms with Crippen molar-refractivity contribution < 1.29 is 23.9 Å². The minimum absolute atomic E-state index is 0.175. The number of carbonyl (C=O) groups excluding carboxylic acids is 3. The summed E-state index contributed by atoms with van der Waals surface area (Å²) in [5.74, 6) is -0.721. The molecule has 2 amide bonds. The molecule has 0 aliphatic carbocycles. The molecule has 1 saturated heterocycles. The topological polar surface area (TPSA) is 72.9 Å². The Morgan fingerprint density at radius 1 is 1.13 bits per heavy atom. The molecule has 3 rings (SSSR count). The second-order valence-corrected chi connectivity index (χ2v) is 7.95. The maximum absolute atomic E-state index is 12.4. The molecule has 0 N–H and O–H groups in total. The number of imide groups is 1. The average Bonchev–Trinajstić information content (AvgIpc) is 2.96. The molecule has 0 saturated carbocycles. The number of ether oxygens (including phenoxy) is 2. The van der Waals surface area contributed by atoms with Crippen molar-refractivity contribution in [1.82, 2.24) is 4.90 Å². The van der Waals surface area contributed by atoms with Crippen LogP contribution in [0.15, 0.2) is 47.4 Å². The fourth-order valence-electron chi connectivity index (χ4n) is 2.62. The van der Waals surface area contributed by atoms with Crippen LogP contribution < -0.4 is 4.74 Å². The van der Waals surface area contributed by atoms with Crippen molar-refractivity contribution in [2.24, 2.45) is 0 Å². The van der Waals surface area contributed by atoms with Crippen molar-refractivity contribution in [3.63, 3.8) is 0 Å². The van der Waals surface area contributed by atoms with E-state index in [1.807, 2.05) is 18.2 Å². The Morgan fingerprint density at radius 3 is 2.60 bits per heavy atom. The van der Waals surface area contributed by atoms with Gasteiger partial charge in [-0.05, 0) is 48.5 Å². The lowest BCUT2D eigenvalue weighted by Crippen LogP contribution is -2.34. The number of nitrogens with zero attached hydrogens (tertiary/aromatic N) is 1. The summed E-state index contributed by atoms with van der Waals surface area (Å²) in [4.78, 5) is 37.1. The number of hydrogen-bond acceptors (Lipinski definition) is 6. The first-order valence-electron chi connectivity index (χ1n) is 8.95. The van der Waals surface area contributed by atoms with E-state index in [9.17, 15) is 14.4 Å². The van der Waals surface area contributed by atoms with E-state index < -0.39 is 23.7 Å². The molecule has 1 aliphatic rings. The van der Waals surface area contributed by atoms with Crippen molar-refractivity contribution in [3.8, 4) is 5.75 Å². The summed E-state index contributed by atoms with van der Waals surface area (Å²) in [5, 5.41) is 0.426. The molecule has 30 heavy (non-hydrogen) atoms. The number of benzene rings is 2. The van der Waals surface area contributed by atoms with E-state index >= 15 is 0 Å². The zero-order valence-corrected chi connectivity index (χ0v) is 18.2. The van der Waals surface area contributed by atoms with Crippen LogP contribution >= 0.6 is 35.0 Å². The molecule has 6 nitrogen and oxygen atoms in total. The standard InChI is InChI=1S/C21H17Cl2NO5S/c1-2-28-19(25)11-24-20(26)18(30-21(24)27)10-13-7-8-17(16(23)9-13)29-12-14-5-3-4-6-15(14)22/h3-10H,2,11-12H2,1H3/b18-10-. The summed E-state index contributed by atoms with van der Waals surface area (Å²) >= 11 is 13.2. The first-order chi connectivity index (χ1) is 14.4. The van der Waals surface area contributed by atoms with E-state index in [0.717, 1.165) is 22.2 Å². The molecule has 1 heterocycles. The second kappa shape index (κ2) is 10.0. The van der Waals surface area contributed by atoms with Crippen LogP contribution in [-0.4, -0.2) is 35.2 Å². The van der Waals surface area contributed by atoms with Gasteiger partial charge in [0.2, 0.25) is 0 Å². The van der Waals surface area contributed by atoms with Crippen molar-refractivity contribution in [3.05, 3.63) is 68.5 Å². The SMILES string of the molecule is CCOC(=O)CN1C(=O)S/C(=C\c2ccc(OCc3ccccc3Cl)c(Cl)c2)C1=O. The van der Waals surface area contributed by atoms with Gasteiger partial charge in [0, 0.05) is 10.6 Å². The van der Waals surface area contributed by atoms with Crippen LogP contribution in [0.3, 0.4) is 0 Å². The minimum atomic E-state index is -0.635. The first kappa shape index (κ1) is 22.2. The summed E-state index contributed by atoms with van der Waals surface area (Å²) in [7, 11) is 0. The van der Waals surface area contributed by atoms with Gasteiger partial charge in [0.1, 0.15) is 18.9 Å². The van der Waals surface area contributed by atoms with Gasteiger partial charge in [-0.2, -0.15) is 0 Å². The Bertz CT molecular complexity index is 1020. The molecule has 0 atom stereocenters. The normalized spacial score (nSPS) is 15.0. The van der Waals surface area contributed by atoms with Gasteiger partial charge in [0.15, 0.2) is 0 Å². The van der Waals surface area contributed by atoms with Crippen LogP contribution in [0.2, 0.25) is 10.0 Å². The van der Waals surface area contributed by atoms with Gasteiger partial charge in [-0.25, -0.2) is 0 Å². The van der Waals surface area contributed by atoms with Crippen LogP contribution in [0.25, 0.3) is 6.08 Å². The molecule has 0 unspecified atom stereocenters. The molecule has 2 aromatic rings. The van der Waals surface area contributed by atoms with E-state index in [2.05, 4.69) is 0 Å². The Balaban J connectivity index is 1.69. The van der Waals surface area contributed by atoms with Gasteiger partial charge in [-0.3, -0.25) is 19.3 Å². The van der Waals surface area contributed by atoms with Gasteiger partial charge >= 0.3 is 5.97 Å². The number of thioether (sulfide) groups is 1. The van der Waals surface area contributed by atoms with Crippen LogP contribution in [0.4, 0.5) is 4.79 Å². The molecule has 156 valence electrons. The lowest BCUT2D eigenvalue weighted by molar-refractivity contribution is -0.145. The zero-order chi connectivity index (χ0) is 21.7. The quantitative estimate of drug-likeness (QED) is 0.414. The van der Waals surface area contributed by atoms with Crippen LogP contribution in [0.1, 0.15) is 18.1 Å². The van der Waals surface area contributed by atoms with Gasteiger partial charge in [-0.15, -0.1) is 0 Å². The highest BCUT2D eigenvalue weighted by Crippen LogP contribution is 2.34. The summed E-state index contributed by atoms with van der Waals surface area (Å²) in [6, 6.07) is 12.4. The third-order valence-corrected chi connectivity index (χ3v) is 5.63. The van der Waals surface area contributed by atoms with Crippen molar-refractivity contribution in [1.29, 1.82) is 0 Å². The highest BCUT2D eigenvalue weighted by atomic mass is 35.5. The van der Waals surface area contributed by atoms with Crippen LogP contribution in [0, 0.1) is 0 Å². The molecule has 0 aromatic heterocycles. The lowest BCUT2D eigenvalue weighted by Gasteiger charge is -2.11. The Hall–Kier alpha value is -2.48. The molecule has 0 spiro atoms. The van der Waals surface area contributed by atoms with Crippen LogP contribution in [-0.2, 0) is 20.9 Å². The predicted molar refractivity (Wildman–Crippen MR) is 117 cm³/mol. The molecule has 0 radical (unpaired) electrons. The molecule has 9 heteroatoms. The fraction of sp³-hybridized carbons (Fsp3) is 0.190. The average molecular weight is 466 g/mol. The van der Waals surface area contributed by atoms with Crippen molar-refractivity contribution >= 4 is 58.2 Å². The first-order valence-corrected chi connectivity index (χ1v) is 10.5. The summed E-state index contributed by atoms with van der Waals surface area (Å²) in [5.41, 5.74) is 1.45. The summed E-state index contributed by atoms with van der Waals surface area (Å²) in [6.07, 6.45) is 1.54. The summed E-state index contributed by atoms with van der Waals surface area (Å²) < 4.78 is 10.5. The minimum Gasteiger partial charge on any atom is -0.487 e. The molecule has 1 aliphatic heterocycles. The number of halogens is 2. The maximum atomic E-state index is 12.4. The Labute approximate surface area is 187 Å². The van der Waals surface area contributed by atoms with Gasteiger partial charge in [0.25, 0.3) is 11.1 Å². The van der Waals surface area contributed by atoms with E-state index in [1.54, 1.807) is 37.3 Å². The van der Waals surface area contributed by atoms with Gasteiger partial charge in [-0.1, -0.05) is 47.5 Å². The highest BCUT2D eigenvalue weighted by molar-refractivity contribution is 8.18. The van der Waals surface area contributed by atoms with Crippen LogP contribution in [0.5, 0.6) is 5.75 Å². The number of esters is 1. The summed E-state index contributed by atoms with van der Waals surface area (Å²) in [6.45, 7) is 1.67. The number of hydrogen-bond donors (Lipinski definition) is 0. The lowest BCUT2D eigenvalue weighted by atomic mass is 10.2. The highest BCUT2D eigenvalue weighted by Gasteiger charge is 2.36. The second-order valence-electron chi connectivity index (χ2n) is 6.14. The Morgan fingerprint density at radius 2 is 1.90 bits per heavy atom. The third kappa shape index (κ3) is 5.36. The van der Waals surface area contributed by atoms with Gasteiger partial charge in [0.05, 0.1) is 16.5 Å². The number of rotatable bonds is 7. The van der Waals surface area contributed by atoms with E-state index in [-0.39, 0.29) is 18.1 Å². The van der Waals surface area contributed by atoms with E-state index in [4.69, 9.17) is 32.7 Å². The smallest absolute Gasteiger partial charge is 0.326 e. The molecular weight excluding hydrogens is 449 g/mol. The molecular formula is C21H17Cl2NO5S. The largest absolute Gasteiger partial charge is 0.487 e. The van der Waals surface area contributed by atoms with E-state index in [1.165, 1.54) is 0 Å². The number of carbonyl (C=O) groups is 3. The third-order valence-electron chi connectivity index (χ3n) is 4.06. The Kier molecular flexibility index (Phi) is 7.42. The van der Waals surface area contributed by atoms with E-state index in [0.29, 0.717) is 21.4 Å². The number of amides is 2. The van der Waals surface area contributed by atoms with Crippen molar-refractivity contribution in [2.45, 2.75) is 13.5 Å². The molecule has 1 fully saturated rings. The zero-order valence-electron chi connectivity index (χ0n) is 15.9. The maximum Gasteiger partial charge on any atom is 0.326 e. The predicted octanol–water partition coefficient (Wildman–Crippen LogP) is 5.17.